The van der Waals surface area contributed by atoms with E-state index in [4.69, 9.17) is 11.6 Å². The van der Waals surface area contributed by atoms with Crippen molar-refractivity contribution in [2.75, 3.05) is 38.1 Å². The molecule has 1 aromatic heterocycles. The molecule has 0 radical (unpaired) electrons. The van der Waals surface area contributed by atoms with Crippen LogP contribution in [-0.2, 0) is 13.1 Å². The predicted molar refractivity (Wildman–Crippen MR) is 87.0 cm³/mol. The summed E-state index contributed by atoms with van der Waals surface area (Å²) in [6.07, 6.45) is 0. The number of aromatic nitrogens is 3. The monoisotopic (exact) mass is 332 g/mol. The van der Waals surface area contributed by atoms with Crippen molar-refractivity contribution in [3.63, 3.8) is 0 Å². The van der Waals surface area contributed by atoms with E-state index < -0.39 is 0 Å². The second kappa shape index (κ2) is 4.69. The molecule has 6 nitrogen and oxygen atoms in total. The SMILES string of the molecule is C[NH+]1Cc2cc(Cl)ccc2-n2c(nnc2N2CC3(C[NH2+]C3)C2)C1. The van der Waals surface area contributed by atoms with Gasteiger partial charge in [-0.15, -0.1) is 10.2 Å². The minimum atomic E-state index is 0.530. The Morgan fingerprint density at radius 3 is 2.78 bits per heavy atom. The van der Waals surface area contributed by atoms with Crippen LogP contribution in [0.15, 0.2) is 18.2 Å². The standard InChI is InChI=1S/C16H19ClN6/c1-21-5-11-4-12(17)2-3-13(11)23-14(6-21)19-20-15(23)22-9-16(10-22)7-18-8-16/h2-4,18H,5-10H2,1H3/p+2. The highest BCUT2D eigenvalue weighted by Crippen LogP contribution is 2.36. The molecule has 2 aromatic rings. The highest BCUT2D eigenvalue weighted by Gasteiger charge is 2.53. The Morgan fingerprint density at radius 2 is 2.04 bits per heavy atom. The number of nitrogens with two attached hydrogens (primary N) is 1. The van der Waals surface area contributed by atoms with E-state index in [1.54, 1.807) is 0 Å². The molecule has 3 aliphatic rings. The molecule has 1 atom stereocenters. The number of quaternary nitrogens is 2. The summed E-state index contributed by atoms with van der Waals surface area (Å²) in [6, 6.07) is 6.16. The van der Waals surface area contributed by atoms with E-state index in [9.17, 15) is 0 Å². The molecule has 3 N–H and O–H groups in total. The van der Waals surface area contributed by atoms with Crippen molar-refractivity contribution in [1.29, 1.82) is 0 Å². The van der Waals surface area contributed by atoms with Gasteiger partial charge in [0.05, 0.1) is 25.8 Å². The van der Waals surface area contributed by atoms with Crippen molar-refractivity contribution in [1.82, 2.24) is 14.8 Å². The molecule has 2 fully saturated rings. The summed E-state index contributed by atoms with van der Waals surface area (Å²) in [6.45, 7) is 6.55. The highest BCUT2D eigenvalue weighted by atomic mass is 35.5. The largest absolute Gasteiger partial charge is 0.345 e. The number of hydrogen-bond acceptors (Lipinski definition) is 3. The number of benzene rings is 1. The Morgan fingerprint density at radius 1 is 1.22 bits per heavy atom. The third kappa shape index (κ3) is 2.02. The summed E-state index contributed by atoms with van der Waals surface area (Å²) in [4.78, 5) is 3.78. The van der Waals surface area contributed by atoms with E-state index in [1.165, 1.54) is 29.2 Å². The van der Waals surface area contributed by atoms with Gasteiger partial charge in [-0.05, 0) is 18.2 Å². The molecule has 0 bridgehead atoms. The highest BCUT2D eigenvalue weighted by molar-refractivity contribution is 6.30. The molecule has 0 aliphatic carbocycles. The van der Waals surface area contributed by atoms with E-state index >= 15 is 0 Å². The minimum Gasteiger partial charge on any atom is -0.345 e. The van der Waals surface area contributed by atoms with Crippen LogP contribution >= 0.6 is 11.6 Å². The van der Waals surface area contributed by atoms with Gasteiger partial charge in [0.15, 0.2) is 5.82 Å². The average molecular weight is 333 g/mol. The maximum atomic E-state index is 6.22. The normalized spacial score (nSPS) is 24.4. The molecule has 7 heteroatoms. The number of nitrogens with one attached hydrogen (secondary N) is 1. The Balaban J connectivity index is 1.59. The lowest BCUT2D eigenvalue weighted by atomic mass is 9.75. The number of nitrogens with zero attached hydrogens (tertiary/aromatic N) is 4. The van der Waals surface area contributed by atoms with Gasteiger partial charge in [-0.25, -0.2) is 0 Å². The quantitative estimate of drug-likeness (QED) is 0.692. The maximum absolute atomic E-state index is 6.22. The topological polar surface area (TPSA) is 55.0 Å². The van der Waals surface area contributed by atoms with E-state index in [0.29, 0.717) is 5.41 Å². The van der Waals surface area contributed by atoms with Gasteiger partial charge in [-0.2, -0.15) is 0 Å². The fraction of sp³-hybridized carbons (Fsp3) is 0.500. The molecular weight excluding hydrogens is 312 g/mol. The van der Waals surface area contributed by atoms with Crippen LogP contribution in [0.25, 0.3) is 5.69 Å². The molecule has 4 heterocycles. The zero-order valence-corrected chi connectivity index (χ0v) is 14.0. The number of hydrogen-bond donors (Lipinski definition) is 2. The fourth-order valence-corrected chi connectivity index (χ4v) is 4.35. The van der Waals surface area contributed by atoms with Gasteiger partial charge in [0, 0.05) is 23.7 Å². The second-order valence-electron chi connectivity index (χ2n) is 7.39. The maximum Gasteiger partial charge on any atom is 0.232 e. The molecule has 1 aromatic carbocycles. The Hall–Kier alpha value is -1.63. The first kappa shape index (κ1) is 13.8. The van der Waals surface area contributed by atoms with Crippen molar-refractivity contribution >= 4 is 17.5 Å². The third-order valence-electron chi connectivity index (χ3n) is 5.44. The molecule has 5 rings (SSSR count). The van der Waals surface area contributed by atoms with Crippen LogP contribution in [-0.4, -0.2) is 48.0 Å². The average Bonchev–Trinajstić information content (AvgIpc) is 2.74. The lowest BCUT2D eigenvalue weighted by molar-refractivity contribution is -0.907. The van der Waals surface area contributed by atoms with Crippen LogP contribution in [0.5, 0.6) is 0 Å². The molecule has 0 saturated carbocycles. The lowest BCUT2D eigenvalue weighted by Gasteiger charge is -2.52. The smallest absolute Gasteiger partial charge is 0.232 e. The molecule has 120 valence electrons. The van der Waals surface area contributed by atoms with Gasteiger partial charge >= 0.3 is 0 Å². The third-order valence-corrected chi connectivity index (χ3v) is 5.67. The Labute approximate surface area is 140 Å². The fourth-order valence-electron chi connectivity index (χ4n) is 4.16. The van der Waals surface area contributed by atoms with Crippen molar-refractivity contribution in [2.24, 2.45) is 5.41 Å². The lowest BCUT2D eigenvalue weighted by Crippen LogP contribution is -3.06. The van der Waals surface area contributed by atoms with Gasteiger partial charge in [0.1, 0.15) is 18.5 Å². The van der Waals surface area contributed by atoms with E-state index in [2.05, 4.69) is 44.2 Å². The first-order chi connectivity index (χ1) is 11.1. The van der Waals surface area contributed by atoms with Crippen LogP contribution in [0.3, 0.4) is 0 Å². The van der Waals surface area contributed by atoms with E-state index in [1.807, 2.05) is 6.07 Å². The van der Waals surface area contributed by atoms with Crippen molar-refractivity contribution in [3.05, 3.63) is 34.6 Å². The summed E-state index contributed by atoms with van der Waals surface area (Å²) in [5.74, 6) is 2.04. The van der Waals surface area contributed by atoms with Crippen LogP contribution in [0.2, 0.25) is 5.02 Å². The zero-order chi connectivity index (χ0) is 15.6. The predicted octanol–water partition coefficient (Wildman–Crippen LogP) is -1.17. The van der Waals surface area contributed by atoms with E-state index in [-0.39, 0.29) is 0 Å². The molecule has 2 saturated heterocycles. The molecular formula is C16H21ClN6+2. The number of anilines is 1. The molecule has 23 heavy (non-hydrogen) atoms. The van der Waals surface area contributed by atoms with Crippen LogP contribution < -0.4 is 15.1 Å². The van der Waals surface area contributed by atoms with Crippen molar-refractivity contribution in [3.8, 4) is 5.69 Å². The van der Waals surface area contributed by atoms with Crippen LogP contribution in [0.1, 0.15) is 11.4 Å². The Kier molecular flexibility index (Phi) is 2.81. The Bertz CT molecular complexity index is 773. The molecule has 3 aliphatic heterocycles. The summed E-state index contributed by atoms with van der Waals surface area (Å²) in [5.41, 5.74) is 2.98. The first-order valence-electron chi connectivity index (χ1n) is 8.25. The van der Waals surface area contributed by atoms with Gasteiger partial charge < -0.3 is 15.1 Å². The first-order valence-corrected chi connectivity index (χ1v) is 8.62. The van der Waals surface area contributed by atoms with Gasteiger partial charge in [-0.3, -0.25) is 4.57 Å². The minimum absolute atomic E-state index is 0.530. The van der Waals surface area contributed by atoms with Gasteiger partial charge in [0.2, 0.25) is 5.95 Å². The molecule has 0 amide bonds. The number of halogens is 1. The number of fused-ring (bicyclic) bond motifs is 3. The van der Waals surface area contributed by atoms with Gasteiger partial charge in [-0.1, -0.05) is 11.6 Å². The summed E-state index contributed by atoms with van der Waals surface area (Å²) >= 11 is 6.22. The van der Waals surface area contributed by atoms with Crippen molar-refractivity contribution < 1.29 is 10.2 Å². The van der Waals surface area contributed by atoms with Crippen molar-refractivity contribution in [2.45, 2.75) is 13.1 Å². The zero-order valence-electron chi connectivity index (χ0n) is 13.2. The van der Waals surface area contributed by atoms with Crippen LogP contribution in [0, 0.1) is 5.41 Å². The molecule has 1 spiro atoms. The molecule has 1 unspecified atom stereocenters. The van der Waals surface area contributed by atoms with Gasteiger partial charge in [0.25, 0.3) is 0 Å². The van der Waals surface area contributed by atoms with E-state index in [0.717, 1.165) is 43.0 Å². The summed E-state index contributed by atoms with van der Waals surface area (Å²) < 4.78 is 2.25. The number of rotatable bonds is 1. The summed E-state index contributed by atoms with van der Waals surface area (Å²) in [5, 5.41) is 12.2. The summed E-state index contributed by atoms with van der Waals surface area (Å²) in [7, 11) is 2.19. The van der Waals surface area contributed by atoms with Crippen LogP contribution in [0.4, 0.5) is 5.95 Å². The second-order valence-corrected chi connectivity index (χ2v) is 7.82.